The van der Waals surface area contributed by atoms with Gasteiger partial charge in [-0.1, -0.05) is 27.7 Å². The molecular weight excluding hydrogens is 186 g/mol. The van der Waals surface area contributed by atoms with Gasteiger partial charge in [0.1, 0.15) is 5.78 Å². The topological polar surface area (TPSA) is 20.3 Å². The van der Waals surface area contributed by atoms with Crippen molar-refractivity contribution in [2.24, 2.45) is 11.3 Å². The predicted octanol–water partition coefficient (Wildman–Crippen LogP) is 2.72. The van der Waals surface area contributed by atoms with Crippen LogP contribution in [0.4, 0.5) is 0 Å². The number of Topliss-reactive ketones (excluding diaryl/α,β-unsaturated/α-hetero) is 1. The molecule has 0 aromatic carbocycles. The number of piperidine rings is 1. The highest BCUT2D eigenvalue weighted by molar-refractivity contribution is 5.83. The smallest absolute Gasteiger partial charge is 0.139 e. The van der Waals surface area contributed by atoms with Gasteiger partial charge in [0.25, 0.3) is 0 Å². The zero-order valence-corrected chi connectivity index (χ0v) is 10.7. The average molecular weight is 211 g/mol. The fourth-order valence-corrected chi connectivity index (χ4v) is 2.12. The summed E-state index contributed by atoms with van der Waals surface area (Å²) in [7, 11) is 0. The summed E-state index contributed by atoms with van der Waals surface area (Å²) in [6.45, 7) is 11.6. The van der Waals surface area contributed by atoms with Gasteiger partial charge in [0.05, 0.1) is 0 Å². The summed E-state index contributed by atoms with van der Waals surface area (Å²) in [4.78, 5) is 14.2. The fraction of sp³-hybridized carbons (Fsp3) is 0.923. The van der Waals surface area contributed by atoms with E-state index in [2.05, 4.69) is 11.8 Å². The van der Waals surface area contributed by atoms with Crippen LogP contribution in [0.15, 0.2) is 0 Å². The molecule has 1 unspecified atom stereocenters. The van der Waals surface area contributed by atoms with Crippen LogP contribution in [0.1, 0.15) is 47.0 Å². The van der Waals surface area contributed by atoms with E-state index in [4.69, 9.17) is 0 Å². The van der Waals surface area contributed by atoms with E-state index < -0.39 is 0 Å². The van der Waals surface area contributed by atoms with Crippen LogP contribution in [-0.4, -0.2) is 30.3 Å². The number of carbonyl (C=O) groups excluding carboxylic acids is 1. The Morgan fingerprint density at radius 2 is 2.07 bits per heavy atom. The van der Waals surface area contributed by atoms with Gasteiger partial charge in [0.2, 0.25) is 0 Å². The molecular formula is C13H25NO. The monoisotopic (exact) mass is 211 g/mol. The molecule has 0 bridgehead atoms. The highest BCUT2D eigenvalue weighted by Gasteiger charge is 2.22. The molecule has 88 valence electrons. The molecule has 0 aromatic heterocycles. The first-order chi connectivity index (χ1) is 6.89. The first-order valence-electron chi connectivity index (χ1n) is 6.15. The maximum absolute atomic E-state index is 11.8. The third kappa shape index (κ3) is 4.33. The van der Waals surface area contributed by atoms with E-state index in [0.29, 0.717) is 5.78 Å². The Balaban J connectivity index is 2.28. The molecule has 1 aliphatic heterocycles. The van der Waals surface area contributed by atoms with Crippen LogP contribution in [0.25, 0.3) is 0 Å². The first-order valence-corrected chi connectivity index (χ1v) is 6.15. The van der Waals surface area contributed by atoms with Gasteiger partial charge in [-0.2, -0.15) is 0 Å². The normalized spacial score (nSPS) is 24.1. The fourth-order valence-electron chi connectivity index (χ4n) is 2.12. The number of ketones is 1. The zero-order chi connectivity index (χ0) is 11.5. The van der Waals surface area contributed by atoms with Crippen molar-refractivity contribution in [1.82, 2.24) is 4.90 Å². The lowest BCUT2D eigenvalue weighted by molar-refractivity contribution is -0.126. The third-order valence-electron chi connectivity index (χ3n) is 3.23. The lowest BCUT2D eigenvalue weighted by atomic mass is 9.88. The quantitative estimate of drug-likeness (QED) is 0.715. The Labute approximate surface area is 94.0 Å². The van der Waals surface area contributed by atoms with Gasteiger partial charge < -0.3 is 4.90 Å². The van der Waals surface area contributed by atoms with Crippen LogP contribution in [0, 0.1) is 11.3 Å². The molecule has 0 N–H and O–H groups in total. The maximum Gasteiger partial charge on any atom is 0.139 e. The van der Waals surface area contributed by atoms with Crippen molar-refractivity contribution >= 4 is 5.78 Å². The van der Waals surface area contributed by atoms with E-state index in [1.807, 2.05) is 20.8 Å². The SMILES string of the molecule is CC1CCCN(CCC(=O)C(C)(C)C)C1. The molecule has 0 spiro atoms. The number of likely N-dealkylation sites (tertiary alicyclic amines) is 1. The van der Waals surface area contributed by atoms with Crippen LogP contribution in [0.3, 0.4) is 0 Å². The van der Waals surface area contributed by atoms with Gasteiger partial charge in [-0.25, -0.2) is 0 Å². The minimum absolute atomic E-state index is 0.165. The second-order valence-corrected chi connectivity index (χ2v) is 5.97. The van der Waals surface area contributed by atoms with Crippen molar-refractivity contribution in [2.75, 3.05) is 19.6 Å². The van der Waals surface area contributed by atoms with E-state index in [-0.39, 0.29) is 5.41 Å². The molecule has 0 saturated carbocycles. The molecule has 1 heterocycles. The second-order valence-electron chi connectivity index (χ2n) is 5.97. The van der Waals surface area contributed by atoms with Gasteiger partial charge in [0, 0.05) is 24.9 Å². The van der Waals surface area contributed by atoms with E-state index in [0.717, 1.165) is 18.9 Å². The number of hydrogen-bond donors (Lipinski definition) is 0. The lowest BCUT2D eigenvalue weighted by Crippen LogP contribution is -2.36. The standard InChI is InChI=1S/C13H25NO/c1-11-6-5-8-14(10-11)9-7-12(15)13(2,3)4/h11H,5-10H2,1-4H3. The van der Waals surface area contributed by atoms with Crippen LogP contribution in [0.2, 0.25) is 0 Å². The van der Waals surface area contributed by atoms with E-state index in [1.165, 1.54) is 25.9 Å². The minimum Gasteiger partial charge on any atom is -0.303 e. The number of hydrogen-bond acceptors (Lipinski definition) is 2. The van der Waals surface area contributed by atoms with Gasteiger partial charge in [-0.3, -0.25) is 4.79 Å². The summed E-state index contributed by atoms with van der Waals surface area (Å²) in [5, 5.41) is 0. The van der Waals surface area contributed by atoms with Crippen LogP contribution < -0.4 is 0 Å². The highest BCUT2D eigenvalue weighted by Crippen LogP contribution is 2.19. The van der Waals surface area contributed by atoms with Gasteiger partial charge >= 0.3 is 0 Å². The molecule has 0 radical (unpaired) electrons. The maximum atomic E-state index is 11.8. The van der Waals surface area contributed by atoms with Crippen molar-refractivity contribution in [2.45, 2.75) is 47.0 Å². The Kier molecular flexibility index (Phi) is 4.32. The molecule has 15 heavy (non-hydrogen) atoms. The molecule has 0 amide bonds. The predicted molar refractivity (Wildman–Crippen MR) is 63.9 cm³/mol. The van der Waals surface area contributed by atoms with E-state index in [1.54, 1.807) is 0 Å². The van der Waals surface area contributed by atoms with Crippen molar-refractivity contribution in [3.05, 3.63) is 0 Å². The Morgan fingerprint density at radius 1 is 1.40 bits per heavy atom. The Hall–Kier alpha value is -0.370. The number of nitrogens with zero attached hydrogens (tertiary/aromatic N) is 1. The highest BCUT2D eigenvalue weighted by atomic mass is 16.1. The molecule has 1 rings (SSSR count). The molecule has 0 aliphatic carbocycles. The molecule has 1 saturated heterocycles. The first kappa shape index (κ1) is 12.7. The van der Waals surface area contributed by atoms with E-state index in [9.17, 15) is 4.79 Å². The van der Waals surface area contributed by atoms with Gasteiger partial charge in [-0.15, -0.1) is 0 Å². The van der Waals surface area contributed by atoms with Crippen molar-refractivity contribution in [1.29, 1.82) is 0 Å². The Morgan fingerprint density at radius 3 is 2.60 bits per heavy atom. The number of carbonyl (C=O) groups is 1. The van der Waals surface area contributed by atoms with Crippen LogP contribution >= 0.6 is 0 Å². The van der Waals surface area contributed by atoms with Gasteiger partial charge in [0.15, 0.2) is 0 Å². The third-order valence-corrected chi connectivity index (χ3v) is 3.23. The lowest BCUT2D eigenvalue weighted by Gasteiger charge is -2.31. The molecule has 1 atom stereocenters. The van der Waals surface area contributed by atoms with Crippen molar-refractivity contribution in [3.8, 4) is 0 Å². The van der Waals surface area contributed by atoms with Crippen molar-refractivity contribution < 1.29 is 4.79 Å². The molecule has 2 heteroatoms. The largest absolute Gasteiger partial charge is 0.303 e. The Bertz CT molecular complexity index is 217. The summed E-state index contributed by atoms with van der Waals surface area (Å²) in [5.41, 5.74) is -0.165. The molecule has 2 nitrogen and oxygen atoms in total. The zero-order valence-electron chi connectivity index (χ0n) is 10.7. The average Bonchev–Trinajstić information content (AvgIpc) is 2.12. The summed E-state index contributed by atoms with van der Waals surface area (Å²) in [6, 6.07) is 0. The minimum atomic E-state index is -0.165. The molecule has 0 aromatic rings. The second kappa shape index (κ2) is 5.11. The summed E-state index contributed by atoms with van der Waals surface area (Å²) < 4.78 is 0. The number of rotatable bonds is 3. The summed E-state index contributed by atoms with van der Waals surface area (Å²) in [5.74, 6) is 1.20. The van der Waals surface area contributed by atoms with E-state index >= 15 is 0 Å². The van der Waals surface area contributed by atoms with Gasteiger partial charge in [-0.05, 0) is 25.3 Å². The van der Waals surface area contributed by atoms with Crippen molar-refractivity contribution in [3.63, 3.8) is 0 Å². The van der Waals surface area contributed by atoms with Crippen LogP contribution in [-0.2, 0) is 4.79 Å². The summed E-state index contributed by atoms with van der Waals surface area (Å²) in [6.07, 6.45) is 3.37. The summed E-state index contributed by atoms with van der Waals surface area (Å²) >= 11 is 0. The molecule has 1 fully saturated rings. The van der Waals surface area contributed by atoms with Crippen LogP contribution in [0.5, 0.6) is 0 Å². The molecule has 1 aliphatic rings.